The third-order valence-corrected chi connectivity index (χ3v) is 3.55. The molecule has 0 aliphatic carbocycles. The summed E-state index contributed by atoms with van der Waals surface area (Å²) in [4.78, 5) is 8.36. The lowest BCUT2D eigenvalue weighted by molar-refractivity contribution is 0.630. The summed E-state index contributed by atoms with van der Waals surface area (Å²) in [6, 6.07) is 3.31. The van der Waals surface area contributed by atoms with Crippen molar-refractivity contribution in [1.82, 2.24) is 24.0 Å². The van der Waals surface area contributed by atoms with Crippen molar-refractivity contribution in [1.29, 1.82) is 0 Å². The summed E-state index contributed by atoms with van der Waals surface area (Å²) in [5.74, 6) is -0.156. The number of nitrogen functional groups attached to an aromatic ring is 1. The van der Waals surface area contributed by atoms with Gasteiger partial charge in [-0.2, -0.15) is 5.10 Å². The molecule has 0 spiro atoms. The van der Waals surface area contributed by atoms with Gasteiger partial charge in [0, 0.05) is 11.8 Å². The molecule has 0 radical (unpaired) electrons. The van der Waals surface area contributed by atoms with E-state index in [4.69, 9.17) is 5.73 Å². The largest absolute Gasteiger partial charge is 0.382 e. The predicted octanol–water partition coefficient (Wildman–Crippen LogP) is 2.38. The SMILES string of the molecule is Cc1cn2nc(-c3cc(F)c4nc(N)cn4c3)cc(C)c2n1. The topological polar surface area (TPSA) is 73.5 Å². The van der Waals surface area contributed by atoms with E-state index in [1.807, 2.05) is 26.1 Å². The fourth-order valence-corrected chi connectivity index (χ4v) is 2.60. The number of nitrogens with two attached hydrogens (primary N) is 1. The molecule has 4 rings (SSSR count). The van der Waals surface area contributed by atoms with E-state index in [2.05, 4.69) is 15.1 Å². The van der Waals surface area contributed by atoms with Crippen LogP contribution in [0.5, 0.6) is 0 Å². The van der Waals surface area contributed by atoms with Crippen LogP contribution in [-0.4, -0.2) is 24.0 Å². The summed E-state index contributed by atoms with van der Waals surface area (Å²) < 4.78 is 17.5. The molecule has 0 bridgehead atoms. The lowest BCUT2D eigenvalue weighted by Gasteiger charge is -2.05. The normalized spacial score (nSPS) is 11.6. The van der Waals surface area contributed by atoms with Gasteiger partial charge in [0.1, 0.15) is 5.82 Å². The average Bonchev–Trinajstić information content (AvgIpc) is 3.00. The highest BCUT2D eigenvalue weighted by atomic mass is 19.1. The smallest absolute Gasteiger partial charge is 0.175 e. The Hall–Kier alpha value is -2.96. The third-order valence-electron chi connectivity index (χ3n) is 3.55. The fourth-order valence-electron chi connectivity index (χ4n) is 2.60. The maximum absolute atomic E-state index is 14.2. The zero-order valence-electron chi connectivity index (χ0n) is 12.1. The summed E-state index contributed by atoms with van der Waals surface area (Å²) in [6.45, 7) is 3.87. The van der Waals surface area contributed by atoms with Gasteiger partial charge in [-0.1, -0.05) is 0 Å². The first kappa shape index (κ1) is 12.8. The lowest BCUT2D eigenvalue weighted by Crippen LogP contribution is -1.98. The number of anilines is 1. The van der Waals surface area contributed by atoms with Gasteiger partial charge in [0.2, 0.25) is 0 Å². The number of nitrogens with zero attached hydrogens (tertiary/aromatic N) is 5. The van der Waals surface area contributed by atoms with E-state index >= 15 is 0 Å². The maximum Gasteiger partial charge on any atom is 0.175 e. The van der Waals surface area contributed by atoms with E-state index in [1.54, 1.807) is 21.3 Å². The highest BCUT2D eigenvalue weighted by Gasteiger charge is 2.12. The van der Waals surface area contributed by atoms with Crippen molar-refractivity contribution in [2.24, 2.45) is 0 Å². The Balaban J connectivity index is 1.97. The van der Waals surface area contributed by atoms with Crippen LogP contribution in [0.15, 0.2) is 30.7 Å². The molecule has 0 amide bonds. The second kappa shape index (κ2) is 4.27. The minimum Gasteiger partial charge on any atom is -0.382 e. The molecular weight excluding hydrogens is 283 g/mol. The van der Waals surface area contributed by atoms with Crippen LogP contribution in [0.2, 0.25) is 0 Å². The average molecular weight is 296 g/mol. The number of imidazole rings is 2. The molecule has 0 aromatic carbocycles. The molecule has 4 heterocycles. The van der Waals surface area contributed by atoms with Gasteiger partial charge >= 0.3 is 0 Å². The van der Waals surface area contributed by atoms with E-state index in [1.165, 1.54) is 6.07 Å². The van der Waals surface area contributed by atoms with Crippen LogP contribution in [0, 0.1) is 19.7 Å². The van der Waals surface area contributed by atoms with Gasteiger partial charge in [0.15, 0.2) is 17.1 Å². The zero-order valence-corrected chi connectivity index (χ0v) is 12.1. The summed E-state index contributed by atoms with van der Waals surface area (Å²) >= 11 is 0. The van der Waals surface area contributed by atoms with Crippen molar-refractivity contribution in [3.05, 3.63) is 47.8 Å². The van der Waals surface area contributed by atoms with Crippen LogP contribution in [-0.2, 0) is 0 Å². The molecule has 6 nitrogen and oxygen atoms in total. The van der Waals surface area contributed by atoms with Crippen LogP contribution in [0.1, 0.15) is 11.3 Å². The Morgan fingerprint density at radius 2 is 1.86 bits per heavy atom. The molecule has 0 saturated carbocycles. The Morgan fingerprint density at radius 3 is 2.68 bits per heavy atom. The zero-order chi connectivity index (χ0) is 15.4. The molecular formula is C15H13FN6. The van der Waals surface area contributed by atoms with Gasteiger partial charge in [-0.15, -0.1) is 0 Å². The first-order valence-electron chi connectivity index (χ1n) is 6.79. The number of halogens is 1. The monoisotopic (exact) mass is 296 g/mol. The maximum atomic E-state index is 14.2. The van der Waals surface area contributed by atoms with Crippen molar-refractivity contribution in [3.63, 3.8) is 0 Å². The van der Waals surface area contributed by atoms with Crippen molar-refractivity contribution < 1.29 is 4.39 Å². The van der Waals surface area contributed by atoms with Crippen LogP contribution in [0.25, 0.3) is 22.6 Å². The highest BCUT2D eigenvalue weighted by Crippen LogP contribution is 2.23. The first-order valence-corrected chi connectivity index (χ1v) is 6.79. The molecule has 0 fully saturated rings. The van der Waals surface area contributed by atoms with E-state index < -0.39 is 5.82 Å². The molecule has 0 aliphatic rings. The van der Waals surface area contributed by atoms with Crippen LogP contribution < -0.4 is 5.73 Å². The number of aromatic nitrogens is 5. The summed E-state index contributed by atoms with van der Waals surface area (Å²) in [6.07, 6.45) is 5.18. The van der Waals surface area contributed by atoms with Crippen LogP contribution in [0.3, 0.4) is 0 Å². The molecule has 4 aromatic rings. The number of aryl methyl sites for hydroxylation is 2. The minimum atomic E-state index is -0.435. The van der Waals surface area contributed by atoms with Gasteiger partial charge in [0.25, 0.3) is 0 Å². The van der Waals surface area contributed by atoms with Crippen molar-refractivity contribution in [3.8, 4) is 11.3 Å². The number of fused-ring (bicyclic) bond motifs is 2. The highest BCUT2D eigenvalue weighted by molar-refractivity contribution is 5.65. The first-order chi connectivity index (χ1) is 10.5. The van der Waals surface area contributed by atoms with Gasteiger partial charge in [-0.3, -0.25) is 0 Å². The van der Waals surface area contributed by atoms with E-state index in [9.17, 15) is 4.39 Å². The number of hydrogen-bond donors (Lipinski definition) is 1. The Labute approximate surface area is 125 Å². The minimum absolute atomic E-state index is 0.206. The van der Waals surface area contributed by atoms with Crippen LogP contribution >= 0.6 is 0 Å². The standard InChI is InChI=1S/C15H13FN6/c1-8-3-12(20-22-5-9(2)18-14(8)22)10-4-11(16)15-19-13(17)7-21(15)6-10/h3-7H,17H2,1-2H3. The third kappa shape index (κ3) is 1.82. The molecule has 2 N–H and O–H groups in total. The van der Waals surface area contributed by atoms with Gasteiger partial charge in [0.05, 0.1) is 23.8 Å². The molecule has 110 valence electrons. The Morgan fingerprint density at radius 1 is 1.05 bits per heavy atom. The van der Waals surface area contributed by atoms with Crippen molar-refractivity contribution >= 4 is 17.1 Å². The molecule has 0 saturated heterocycles. The predicted molar refractivity (Wildman–Crippen MR) is 81.0 cm³/mol. The Bertz CT molecular complexity index is 946. The van der Waals surface area contributed by atoms with Crippen molar-refractivity contribution in [2.45, 2.75) is 13.8 Å². The second-order valence-corrected chi connectivity index (χ2v) is 5.34. The van der Waals surface area contributed by atoms with E-state index in [-0.39, 0.29) is 11.5 Å². The number of rotatable bonds is 1. The number of pyridine rings is 1. The molecule has 0 atom stereocenters. The fraction of sp³-hybridized carbons (Fsp3) is 0.133. The summed E-state index contributed by atoms with van der Waals surface area (Å²) in [5.41, 5.74) is 9.81. The molecule has 4 aromatic heterocycles. The summed E-state index contributed by atoms with van der Waals surface area (Å²) in [7, 11) is 0. The summed E-state index contributed by atoms with van der Waals surface area (Å²) in [5, 5.41) is 4.50. The van der Waals surface area contributed by atoms with E-state index in [0.29, 0.717) is 11.3 Å². The van der Waals surface area contributed by atoms with Crippen molar-refractivity contribution in [2.75, 3.05) is 5.73 Å². The molecule has 22 heavy (non-hydrogen) atoms. The van der Waals surface area contributed by atoms with Crippen LogP contribution in [0.4, 0.5) is 10.2 Å². The Kier molecular flexibility index (Phi) is 2.47. The van der Waals surface area contributed by atoms with Gasteiger partial charge < -0.3 is 10.1 Å². The van der Waals surface area contributed by atoms with E-state index in [0.717, 1.165) is 16.9 Å². The second-order valence-electron chi connectivity index (χ2n) is 5.34. The van der Waals surface area contributed by atoms with Gasteiger partial charge in [-0.05, 0) is 31.5 Å². The number of hydrogen-bond acceptors (Lipinski definition) is 4. The molecule has 7 heteroatoms. The quantitative estimate of drug-likeness (QED) is 0.585. The van der Waals surface area contributed by atoms with Gasteiger partial charge in [-0.25, -0.2) is 18.9 Å². The lowest BCUT2D eigenvalue weighted by atomic mass is 10.1. The molecule has 0 unspecified atom stereocenters. The molecule has 0 aliphatic heterocycles.